The van der Waals surface area contributed by atoms with Gasteiger partial charge in [-0.25, -0.2) is 4.98 Å². The van der Waals surface area contributed by atoms with Crippen LogP contribution in [0.5, 0.6) is 5.75 Å². The third-order valence-electron chi connectivity index (χ3n) is 2.26. The summed E-state index contributed by atoms with van der Waals surface area (Å²) < 4.78 is 8.64. The lowest BCUT2D eigenvalue weighted by molar-refractivity contribution is 0.279. The van der Waals surface area contributed by atoms with E-state index in [0.29, 0.717) is 6.61 Å². The number of hydrogen-bond acceptors (Lipinski definition) is 2. The third kappa shape index (κ3) is 1.00. The number of nitrogens with zero attached hydrogens (tertiary/aromatic N) is 2. The van der Waals surface area contributed by atoms with Crippen molar-refractivity contribution in [3.05, 3.63) is 40.9 Å². The lowest BCUT2D eigenvalue weighted by Gasteiger charge is -2.20. The zero-order chi connectivity index (χ0) is 9.54. The first kappa shape index (κ1) is 8.05. The van der Waals surface area contributed by atoms with Crippen molar-refractivity contribution in [2.24, 2.45) is 0 Å². The van der Waals surface area contributed by atoms with Crippen LogP contribution in [0.1, 0.15) is 5.82 Å². The minimum Gasteiger partial charge on any atom is -0.483 e. The predicted octanol–water partition coefficient (Wildman–Crippen LogP) is 2.53. The molecular weight excluding hydrogens is 244 g/mol. The molecule has 0 spiro atoms. The van der Waals surface area contributed by atoms with Crippen molar-refractivity contribution in [3.8, 4) is 11.4 Å². The van der Waals surface area contributed by atoms with Crippen LogP contribution in [0.2, 0.25) is 0 Å². The highest BCUT2D eigenvalue weighted by atomic mass is 79.9. The van der Waals surface area contributed by atoms with Crippen LogP contribution >= 0.6 is 15.9 Å². The first-order valence-corrected chi connectivity index (χ1v) is 5.09. The highest BCUT2D eigenvalue weighted by Gasteiger charge is 2.18. The number of aromatic nitrogens is 2. The molecule has 14 heavy (non-hydrogen) atoms. The molecule has 1 aromatic carbocycles. The van der Waals surface area contributed by atoms with E-state index in [4.69, 9.17) is 4.74 Å². The van der Waals surface area contributed by atoms with Gasteiger partial charge in [0, 0.05) is 16.9 Å². The lowest BCUT2D eigenvalue weighted by Crippen LogP contribution is -2.12. The fourth-order valence-corrected chi connectivity index (χ4v) is 2.17. The van der Waals surface area contributed by atoms with Gasteiger partial charge >= 0.3 is 0 Å². The Kier molecular flexibility index (Phi) is 1.64. The van der Waals surface area contributed by atoms with Crippen molar-refractivity contribution in [1.82, 2.24) is 9.55 Å². The van der Waals surface area contributed by atoms with Gasteiger partial charge in [0.25, 0.3) is 0 Å². The quantitative estimate of drug-likeness (QED) is 0.719. The van der Waals surface area contributed by atoms with Gasteiger partial charge in [-0.15, -0.1) is 0 Å². The number of benzene rings is 1. The van der Waals surface area contributed by atoms with E-state index in [9.17, 15) is 0 Å². The summed E-state index contributed by atoms with van der Waals surface area (Å²) in [7, 11) is 0. The summed E-state index contributed by atoms with van der Waals surface area (Å²) >= 11 is 3.51. The lowest BCUT2D eigenvalue weighted by atomic mass is 10.2. The molecular formula is C10H7BrN2O. The number of ether oxygens (including phenoxy) is 1. The topological polar surface area (TPSA) is 27.1 Å². The maximum Gasteiger partial charge on any atom is 0.151 e. The number of para-hydroxylation sites is 1. The van der Waals surface area contributed by atoms with Gasteiger partial charge in [-0.1, -0.05) is 6.07 Å². The molecule has 1 aliphatic rings. The summed E-state index contributed by atoms with van der Waals surface area (Å²) in [6, 6.07) is 5.92. The molecule has 0 radical (unpaired) electrons. The van der Waals surface area contributed by atoms with E-state index in [1.807, 2.05) is 29.0 Å². The van der Waals surface area contributed by atoms with Gasteiger partial charge < -0.3 is 4.74 Å². The van der Waals surface area contributed by atoms with Crippen LogP contribution in [0.25, 0.3) is 5.69 Å². The Morgan fingerprint density at radius 2 is 2.36 bits per heavy atom. The summed E-state index contributed by atoms with van der Waals surface area (Å²) in [6.07, 6.45) is 3.73. The molecule has 1 aromatic heterocycles. The van der Waals surface area contributed by atoms with Crippen LogP contribution in [0.15, 0.2) is 35.1 Å². The third-order valence-corrected chi connectivity index (χ3v) is 2.90. The minimum atomic E-state index is 0.538. The Hall–Kier alpha value is -1.29. The average molecular weight is 251 g/mol. The number of fused-ring (bicyclic) bond motifs is 3. The molecule has 0 amide bonds. The van der Waals surface area contributed by atoms with Crippen molar-refractivity contribution in [2.45, 2.75) is 6.61 Å². The van der Waals surface area contributed by atoms with E-state index in [-0.39, 0.29) is 0 Å². The molecule has 0 atom stereocenters. The van der Waals surface area contributed by atoms with E-state index >= 15 is 0 Å². The van der Waals surface area contributed by atoms with Crippen molar-refractivity contribution in [2.75, 3.05) is 0 Å². The summed E-state index contributed by atoms with van der Waals surface area (Å²) in [4.78, 5) is 4.21. The van der Waals surface area contributed by atoms with Gasteiger partial charge in [0.15, 0.2) is 5.82 Å². The molecule has 1 aliphatic heterocycles. The van der Waals surface area contributed by atoms with Crippen LogP contribution in [0, 0.1) is 0 Å². The first-order chi connectivity index (χ1) is 6.86. The van der Waals surface area contributed by atoms with E-state index in [1.54, 1.807) is 6.20 Å². The molecule has 0 unspecified atom stereocenters. The molecule has 0 bridgehead atoms. The standard InChI is InChI=1S/C10H7BrN2O/c11-7-2-1-3-8-10(7)13-5-4-12-9(13)6-14-8/h1-5H,6H2. The highest BCUT2D eigenvalue weighted by molar-refractivity contribution is 9.10. The summed E-state index contributed by atoms with van der Waals surface area (Å²) in [6.45, 7) is 0.538. The summed E-state index contributed by atoms with van der Waals surface area (Å²) in [5, 5.41) is 0. The molecule has 0 saturated heterocycles. The smallest absolute Gasteiger partial charge is 0.151 e. The normalized spacial score (nSPS) is 12.9. The van der Waals surface area contributed by atoms with Gasteiger partial charge in [0.05, 0.1) is 0 Å². The largest absolute Gasteiger partial charge is 0.483 e. The zero-order valence-electron chi connectivity index (χ0n) is 7.27. The van der Waals surface area contributed by atoms with Crippen LogP contribution < -0.4 is 4.74 Å². The van der Waals surface area contributed by atoms with Gasteiger partial charge in [-0.05, 0) is 28.1 Å². The Labute approximate surface area is 89.5 Å². The van der Waals surface area contributed by atoms with E-state index < -0.39 is 0 Å². The van der Waals surface area contributed by atoms with Gasteiger partial charge in [0.1, 0.15) is 18.0 Å². The molecule has 70 valence electrons. The monoisotopic (exact) mass is 250 g/mol. The molecule has 0 saturated carbocycles. The Bertz CT molecular complexity index is 493. The zero-order valence-corrected chi connectivity index (χ0v) is 8.86. The molecule has 2 heterocycles. The van der Waals surface area contributed by atoms with Gasteiger partial charge in [-0.3, -0.25) is 4.57 Å². The van der Waals surface area contributed by atoms with Gasteiger partial charge in [0.2, 0.25) is 0 Å². The van der Waals surface area contributed by atoms with E-state index in [1.165, 1.54) is 0 Å². The van der Waals surface area contributed by atoms with Crippen LogP contribution in [0.4, 0.5) is 0 Å². The van der Waals surface area contributed by atoms with Crippen LogP contribution in [0.3, 0.4) is 0 Å². The molecule has 3 rings (SSSR count). The van der Waals surface area contributed by atoms with E-state index in [2.05, 4.69) is 20.9 Å². The Morgan fingerprint density at radius 1 is 1.43 bits per heavy atom. The van der Waals surface area contributed by atoms with E-state index in [0.717, 1.165) is 21.7 Å². The van der Waals surface area contributed by atoms with Crippen molar-refractivity contribution in [3.63, 3.8) is 0 Å². The fraction of sp³-hybridized carbons (Fsp3) is 0.100. The number of halogens is 1. The van der Waals surface area contributed by atoms with Crippen molar-refractivity contribution >= 4 is 15.9 Å². The molecule has 0 aliphatic carbocycles. The number of hydrogen-bond donors (Lipinski definition) is 0. The Balaban J connectivity index is 2.34. The second kappa shape index (κ2) is 2.85. The first-order valence-electron chi connectivity index (χ1n) is 4.30. The maximum absolute atomic E-state index is 5.58. The average Bonchev–Trinajstić information content (AvgIpc) is 2.65. The number of rotatable bonds is 0. The molecule has 2 aromatic rings. The van der Waals surface area contributed by atoms with Crippen LogP contribution in [-0.4, -0.2) is 9.55 Å². The van der Waals surface area contributed by atoms with Crippen molar-refractivity contribution in [1.29, 1.82) is 0 Å². The minimum absolute atomic E-state index is 0.538. The molecule has 3 nitrogen and oxygen atoms in total. The van der Waals surface area contributed by atoms with Gasteiger partial charge in [-0.2, -0.15) is 0 Å². The van der Waals surface area contributed by atoms with Crippen LogP contribution in [-0.2, 0) is 6.61 Å². The fourth-order valence-electron chi connectivity index (χ4n) is 1.63. The SMILES string of the molecule is Brc1cccc2c1-n1ccnc1CO2. The predicted molar refractivity (Wildman–Crippen MR) is 55.6 cm³/mol. The van der Waals surface area contributed by atoms with Crippen molar-refractivity contribution < 1.29 is 4.74 Å². The number of imidazole rings is 1. The molecule has 4 heteroatoms. The highest BCUT2D eigenvalue weighted by Crippen LogP contribution is 2.34. The summed E-state index contributed by atoms with van der Waals surface area (Å²) in [5.74, 6) is 1.83. The summed E-state index contributed by atoms with van der Waals surface area (Å²) in [5.41, 5.74) is 1.03. The molecule has 0 fully saturated rings. The second-order valence-corrected chi connectivity index (χ2v) is 3.94. The maximum atomic E-state index is 5.58. The molecule has 0 N–H and O–H groups in total. The Morgan fingerprint density at radius 3 is 3.29 bits per heavy atom. The second-order valence-electron chi connectivity index (χ2n) is 3.09.